The number of benzene rings is 1. The van der Waals surface area contributed by atoms with Crippen LogP contribution in [-0.4, -0.2) is 38.3 Å². The van der Waals surface area contributed by atoms with Gasteiger partial charge in [-0.25, -0.2) is 0 Å². The Labute approximate surface area is 109 Å². The van der Waals surface area contributed by atoms with Gasteiger partial charge in [-0.3, -0.25) is 4.90 Å². The highest BCUT2D eigenvalue weighted by molar-refractivity contribution is 5.66. The SMILES string of the molecule is CCOc1ccc2c(c1)[C@@]1(C)CCN(C)C1N2C. The van der Waals surface area contributed by atoms with Gasteiger partial charge in [0.15, 0.2) is 0 Å². The quantitative estimate of drug-likeness (QED) is 0.797. The summed E-state index contributed by atoms with van der Waals surface area (Å²) in [5.41, 5.74) is 3.05. The second kappa shape index (κ2) is 3.89. The normalized spacial score (nSPS) is 30.4. The van der Waals surface area contributed by atoms with Gasteiger partial charge in [0.2, 0.25) is 0 Å². The molecule has 1 aromatic carbocycles. The van der Waals surface area contributed by atoms with Gasteiger partial charge in [-0.2, -0.15) is 0 Å². The van der Waals surface area contributed by atoms with Crippen molar-refractivity contribution in [3.63, 3.8) is 0 Å². The van der Waals surface area contributed by atoms with Crippen LogP contribution in [-0.2, 0) is 5.41 Å². The van der Waals surface area contributed by atoms with E-state index in [1.807, 2.05) is 6.92 Å². The predicted molar refractivity (Wildman–Crippen MR) is 74.4 cm³/mol. The van der Waals surface area contributed by atoms with Gasteiger partial charge < -0.3 is 9.64 Å². The van der Waals surface area contributed by atoms with Gasteiger partial charge in [-0.15, -0.1) is 0 Å². The van der Waals surface area contributed by atoms with Crippen LogP contribution in [0, 0.1) is 0 Å². The fourth-order valence-electron chi connectivity index (χ4n) is 3.81. The molecule has 1 unspecified atom stereocenters. The molecule has 3 nitrogen and oxygen atoms in total. The second-order valence-corrected chi connectivity index (χ2v) is 5.74. The molecule has 0 N–H and O–H groups in total. The number of likely N-dealkylation sites (tertiary alicyclic amines) is 1. The molecule has 0 spiro atoms. The van der Waals surface area contributed by atoms with E-state index < -0.39 is 0 Å². The summed E-state index contributed by atoms with van der Waals surface area (Å²) in [6.45, 7) is 6.32. The van der Waals surface area contributed by atoms with Crippen molar-refractivity contribution in [3.05, 3.63) is 23.8 Å². The number of fused-ring (bicyclic) bond motifs is 3. The molecule has 0 aliphatic carbocycles. The van der Waals surface area contributed by atoms with E-state index in [0.717, 1.165) is 12.4 Å². The van der Waals surface area contributed by atoms with Crippen LogP contribution in [0.2, 0.25) is 0 Å². The first-order valence-corrected chi connectivity index (χ1v) is 6.78. The topological polar surface area (TPSA) is 15.7 Å². The van der Waals surface area contributed by atoms with Crippen LogP contribution in [0.1, 0.15) is 25.8 Å². The number of rotatable bonds is 2. The highest BCUT2D eigenvalue weighted by atomic mass is 16.5. The minimum Gasteiger partial charge on any atom is -0.494 e. The number of ether oxygens (including phenoxy) is 1. The van der Waals surface area contributed by atoms with Gasteiger partial charge in [0.05, 0.1) is 12.8 Å². The molecule has 1 fully saturated rings. The van der Waals surface area contributed by atoms with Crippen LogP contribution in [0.3, 0.4) is 0 Å². The van der Waals surface area contributed by atoms with E-state index in [1.54, 1.807) is 0 Å². The maximum Gasteiger partial charge on any atom is 0.119 e. The van der Waals surface area contributed by atoms with Gasteiger partial charge in [-0.1, -0.05) is 6.92 Å². The van der Waals surface area contributed by atoms with Gasteiger partial charge in [0.25, 0.3) is 0 Å². The third-order valence-electron chi connectivity index (χ3n) is 4.61. The van der Waals surface area contributed by atoms with Crippen molar-refractivity contribution in [1.82, 2.24) is 4.90 Å². The predicted octanol–water partition coefficient (Wildman–Crippen LogP) is 2.45. The average Bonchev–Trinajstić information content (AvgIpc) is 2.76. The van der Waals surface area contributed by atoms with E-state index in [4.69, 9.17) is 4.74 Å². The molecular weight excluding hydrogens is 224 g/mol. The molecule has 1 saturated heterocycles. The van der Waals surface area contributed by atoms with E-state index in [0.29, 0.717) is 6.17 Å². The third-order valence-corrected chi connectivity index (χ3v) is 4.61. The van der Waals surface area contributed by atoms with Crippen LogP contribution in [0.4, 0.5) is 5.69 Å². The standard InChI is InChI=1S/C15H22N2O/c1-5-18-11-6-7-13-12(10-11)15(2)8-9-16(3)14(15)17(13)4/h6-7,10,14H,5,8-9H2,1-4H3/t14?,15-/m1/s1. The first-order chi connectivity index (χ1) is 8.58. The average molecular weight is 246 g/mol. The number of hydrogen-bond donors (Lipinski definition) is 0. The summed E-state index contributed by atoms with van der Waals surface area (Å²) in [6, 6.07) is 6.54. The van der Waals surface area contributed by atoms with Crippen LogP contribution < -0.4 is 9.64 Å². The largest absolute Gasteiger partial charge is 0.494 e. The Morgan fingerprint density at radius 2 is 2.17 bits per heavy atom. The zero-order valence-electron chi connectivity index (χ0n) is 11.7. The summed E-state index contributed by atoms with van der Waals surface area (Å²) in [4.78, 5) is 4.87. The molecule has 0 bridgehead atoms. The Morgan fingerprint density at radius 3 is 2.89 bits per heavy atom. The number of hydrogen-bond acceptors (Lipinski definition) is 3. The highest BCUT2D eigenvalue weighted by Crippen LogP contribution is 2.51. The monoisotopic (exact) mass is 246 g/mol. The number of anilines is 1. The Hall–Kier alpha value is -1.22. The summed E-state index contributed by atoms with van der Waals surface area (Å²) >= 11 is 0. The molecule has 2 atom stereocenters. The van der Waals surface area contributed by atoms with E-state index in [1.165, 1.54) is 24.2 Å². The summed E-state index contributed by atoms with van der Waals surface area (Å²) in [7, 11) is 4.43. The molecule has 18 heavy (non-hydrogen) atoms. The van der Waals surface area contributed by atoms with Crippen molar-refractivity contribution in [2.45, 2.75) is 31.8 Å². The molecule has 0 saturated carbocycles. The molecule has 3 heteroatoms. The lowest BCUT2D eigenvalue weighted by molar-refractivity contribution is 0.268. The van der Waals surface area contributed by atoms with Crippen molar-refractivity contribution in [2.24, 2.45) is 0 Å². The maximum atomic E-state index is 5.65. The number of likely N-dealkylation sites (N-methyl/N-ethyl adjacent to an activating group) is 2. The first kappa shape index (κ1) is 11.8. The first-order valence-electron chi connectivity index (χ1n) is 6.78. The maximum absolute atomic E-state index is 5.65. The summed E-state index contributed by atoms with van der Waals surface area (Å²) < 4.78 is 5.65. The molecule has 2 aliphatic rings. The van der Waals surface area contributed by atoms with Gasteiger partial charge in [-0.05, 0) is 44.2 Å². The fraction of sp³-hybridized carbons (Fsp3) is 0.600. The second-order valence-electron chi connectivity index (χ2n) is 5.74. The Bertz CT molecular complexity index is 474. The van der Waals surface area contributed by atoms with Gasteiger partial charge >= 0.3 is 0 Å². The van der Waals surface area contributed by atoms with Crippen LogP contribution in [0.15, 0.2) is 18.2 Å². The Kier molecular flexibility index (Phi) is 2.56. The van der Waals surface area contributed by atoms with Crippen molar-refractivity contribution >= 4 is 5.69 Å². The molecule has 0 aromatic heterocycles. The lowest BCUT2D eigenvalue weighted by Crippen LogP contribution is -2.45. The fourth-order valence-corrected chi connectivity index (χ4v) is 3.81. The molecule has 2 aliphatic heterocycles. The number of nitrogens with zero attached hydrogens (tertiary/aromatic N) is 2. The van der Waals surface area contributed by atoms with E-state index in [2.05, 4.69) is 49.0 Å². The minimum absolute atomic E-state index is 0.242. The molecule has 3 rings (SSSR count). The van der Waals surface area contributed by atoms with Crippen molar-refractivity contribution in [3.8, 4) is 5.75 Å². The van der Waals surface area contributed by atoms with Crippen LogP contribution in [0.25, 0.3) is 0 Å². The Balaban J connectivity index is 2.08. The Morgan fingerprint density at radius 1 is 1.39 bits per heavy atom. The smallest absolute Gasteiger partial charge is 0.119 e. The summed E-state index contributed by atoms with van der Waals surface area (Å²) in [5, 5.41) is 0. The van der Waals surface area contributed by atoms with Crippen molar-refractivity contribution in [1.29, 1.82) is 0 Å². The highest BCUT2D eigenvalue weighted by Gasteiger charge is 2.52. The van der Waals surface area contributed by atoms with Gasteiger partial charge in [0.1, 0.15) is 5.75 Å². The molecular formula is C15H22N2O. The lowest BCUT2D eigenvalue weighted by atomic mass is 9.81. The molecule has 0 radical (unpaired) electrons. The summed E-state index contributed by atoms with van der Waals surface area (Å²) in [6.07, 6.45) is 1.71. The van der Waals surface area contributed by atoms with Gasteiger partial charge in [0, 0.05) is 24.7 Å². The van der Waals surface area contributed by atoms with E-state index in [9.17, 15) is 0 Å². The van der Waals surface area contributed by atoms with Crippen molar-refractivity contribution < 1.29 is 4.74 Å². The summed E-state index contributed by atoms with van der Waals surface area (Å²) in [5.74, 6) is 1.00. The zero-order valence-corrected chi connectivity index (χ0v) is 11.7. The third kappa shape index (κ3) is 1.40. The van der Waals surface area contributed by atoms with Crippen LogP contribution >= 0.6 is 0 Å². The molecule has 0 amide bonds. The minimum atomic E-state index is 0.242. The van der Waals surface area contributed by atoms with Crippen LogP contribution in [0.5, 0.6) is 5.75 Å². The lowest BCUT2D eigenvalue weighted by Gasteiger charge is -2.32. The van der Waals surface area contributed by atoms with E-state index in [-0.39, 0.29) is 5.41 Å². The molecule has 1 aromatic rings. The van der Waals surface area contributed by atoms with Crippen molar-refractivity contribution in [2.75, 3.05) is 32.1 Å². The molecule has 2 heterocycles. The zero-order chi connectivity index (χ0) is 12.9. The van der Waals surface area contributed by atoms with E-state index >= 15 is 0 Å². The molecule has 98 valence electrons.